The molecule has 0 amide bonds. The molecule has 2 rings (SSSR count). The van der Waals surface area contributed by atoms with Gasteiger partial charge in [-0.15, -0.1) is 11.3 Å². The van der Waals surface area contributed by atoms with E-state index in [0.717, 1.165) is 25.3 Å². The molecule has 72 valence electrons. The second-order valence-electron chi connectivity index (χ2n) is 3.52. The number of anilines is 1. The number of aryl methyl sites for hydroxylation is 1. The molecular formula is C9H15N3S. The van der Waals surface area contributed by atoms with Crippen LogP contribution in [0.2, 0.25) is 0 Å². The van der Waals surface area contributed by atoms with Gasteiger partial charge in [0.15, 0.2) is 5.13 Å². The molecule has 2 heterocycles. The predicted octanol–water partition coefficient (Wildman–Crippen LogP) is 1.25. The van der Waals surface area contributed by atoms with E-state index in [4.69, 9.17) is 0 Å². The Bertz CT molecular complexity index is 284. The van der Waals surface area contributed by atoms with Crippen molar-refractivity contribution in [3.8, 4) is 0 Å². The minimum atomic E-state index is 0.569. The molecule has 0 spiro atoms. The van der Waals surface area contributed by atoms with Crippen molar-refractivity contribution >= 4 is 16.5 Å². The van der Waals surface area contributed by atoms with Gasteiger partial charge in [0.25, 0.3) is 0 Å². The van der Waals surface area contributed by atoms with Gasteiger partial charge in [-0.05, 0) is 13.8 Å². The second-order valence-corrected chi connectivity index (χ2v) is 4.35. The molecule has 1 saturated heterocycles. The predicted molar refractivity (Wildman–Crippen MR) is 56.5 cm³/mol. The average Bonchev–Trinajstić information content (AvgIpc) is 2.53. The van der Waals surface area contributed by atoms with Crippen molar-refractivity contribution in [3.05, 3.63) is 11.1 Å². The first-order valence-corrected chi connectivity index (χ1v) is 5.55. The maximum Gasteiger partial charge on any atom is 0.185 e. The number of nitrogens with one attached hydrogen (secondary N) is 1. The molecule has 1 aliphatic rings. The first kappa shape index (κ1) is 8.97. The Morgan fingerprint density at radius 1 is 1.69 bits per heavy atom. The van der Waals surface area contributed by atoms with Crippen LogP contribution < -0.4 is 10.2 Å². The number of aromatic nitrogens is 1. The van der Waals surface area contributed by atoms with Gasteiger partial charge in [-0.2, -0.15) is 0 Å². The van der Waals surface area contributed by atoms with Crippen LogP contribution in [0.4, 0.5) is 5.13 Å². The van der Waals surface area contributed by atoms with E-state index in [2.05, 4.69) is 27.5 Å². The highest BCUT2D eigenvalue weighted by Gasteiger charge is 2.19. The molecule has 0 bridgehead atoms. The molecule has 3 nitrogen and oxygen atoms in total. The number of rotatable bonds is 1. The van der Waals surface area contributed by atoms with Gasteiger partial charge in [0, 0.05) is 31.1 Å². The molecule has 1 atom stereocenters. The van der Waals surface area contributed by atoms with Crippen LogP contribution in [0.25, 0.3) is 0 Å². The van der Waals surface area contributed by atoms with Crippen LogP contribution in [0.3, 0.4) is 0 Å². The Kier molecular flexibility index (Phi) is 2.51. The van der Waals surface area contributed by atoms with Gasteiger partial charge >= 0.3 is 0 Å². The summed E-state index contributed by atoms with van der Waals surface area (Å²) in [6.07, 6.45) is 0. The molecule has 0 unspecified atom stereocenters. The van der Waals surface area contributed by atoms with Gasteiger partial charge in [-0.3, -0.25) is 0 Å². The summed E-state index contributed by atoms with van der Waals surface area (Å²) in [4.78, 5) is 6.88. The largest absolute Gasteiger partial charge is 0.343 e. The number of hydrogen-bond donors (Lipinski definition) is 1. The quantitative estimate of drug-likeness (QED) is 0.734. The fourth-order valence-electron chi connectivity index (χ4n) is 1.60. The standard InChI is InChI=1S/C9H15N3S/c1-7-6-13-9(11-7)12-4-3-10-5-8(12)2/h6,8,10H,3-5H2,1-2H3/t8-/m1/s1. The summed E-state index contributed by atoms with van der Waals surface area (Å²) in [6.45, 7) is 7.51. The third-order valence-corrected chi connectivity index (χ3v) is 3.35. The lowest BCUT2D eigenvalue weighted by atomic mass is 10.2. The minimum Gasteiger partial charge on any atom is -0.343 e. The fraction of sp³-hybridized carbons (Fsp3) is 0.667. The zero-order valence-corrected chi connectivity index (χ0v) is 8.90. The summed E-state index contributed by atoms with van der Waals surface area (Å²) >= 11 is 1.75. The van der Waals surface area contributed by atoms with Crippen LogP contribution in [0.5, 0.6) is 0 Å². The zero-order valence-electron chi connectivity index (χ0n) is 8.08. The van der Waals surface area contributed by atoms with E-state index in [1.807, 2.05) is 6.92 Å². The van der Waals surface area contributed by atoms with E-state index in [1.54, 1.807) is 11.3 Å². The highest BCUT2D eigenvalue weighted by Crippen LogP contribution is 2.22. The molecule has 0 aromatic carbocycles. The Labute approximate surface area is 82.8 Å². The molecule has 1 aromatic heterocycles. The molecule has 13 heavy (non-hydrogen) atoms. The highest BCUT2D eigenvalue weighted by molar-refractivity contribution is 7.13. The van der Waals surface area contributed by atoms with E-state index in [1.165, 1.54) is 5.13 Å². The van der Waals surface area contributed by atoms with Gasteiger partial charge in [0.1, 0.15) is 0 Å². The molecule has 1 aromatic rings. The van der Waals surface area contributed by atoms with Gasteiger partial charge in [0.05, 0.1) is 5.69 Å². The van der Waals surface area contributed by atoms with Crippen LogP contribution in [0.1, 0.15) is 12.6 Å². The Hall–Kier alpha value is -0.610. The van der Waals surface area contributed by atoms with Crippen LogP contribution in [-0.2, 0) is 0 Å². The highest BCUT2D eigenvalue weighted by atomic mass is 32.1. The lowest BCUT2D eigenvalue weighted by Crippen LogP contribution is -2.49. The maximum absolute atomic E-state index is 4.50. The summed E-state index contributed by atoms with van der Waals surface area (Å²) in [5, 5.41) is 6.66. The van der Waals surface area contributed by atoms with Gasteiger partial charge < -0.3 is 10.2 Å². The first-order valence-electron chi connectivity index (χ1n) is 4.67. The van der Waals surface area contributed by atoms with Crippen LogP contribution in [0.15, 0.2) is 5.38 Å². The van der Waals surface area contributed by atoms with Crippen molar-refractivity contribution < 1.29 is 0 Å². The summed E-state index contributed by atoms with van der Waals surface area (Å²) in [5.74, 6) is 0. The van der Waals surface area contributed by atoms with Crippen molar-refractivity contribution in [2.45, 2.75) is 19.9 Å². The van der Waals surface area contributed by atoms with Gasteiger partial charge in [0.2, 0.25) is 0 Å². The Morgan fingerprint density at radius 3 is 3.15 bits per heavy atom. The number of piperazine rings is 1. The molecule has 4 heteroatoms. The number of nitrogens with zero attached hydrogens (tertiary/aromatic N) is 2. The molecular weight excluding hydrogens is 182 g/mol. The van der Waals surface area contributed by atoms with Crippen molar-refractivity contribution in [2.75, 3.05) is 24.5 Å². The van der Waals surface area contributed by atoms with Crippen LogP contribution >= 0.6 is 11.3 Å². The lowest BCUT2D eigenvalue weighted by molar-refractivity contribution is 0.500. The normalized spacial score (nSPS) is 23.5. The molecule has 0 radical (unpaired) electrons. The minimum absolute atomic E-state index is 0.569. The third kappa shape index (κ3) is 1.84. The van der Waals surface area contributed by atoms with Crippen LogP contribution in [0, 0.1) is 6.92 Å². The third-order valence-electron chi connectivity index (χ3n) is 2.35. The SMILES string of the molecule is Cc1csc(N2CCNC[C@H]2C)n1. The van der Waals surface area contributed by atoms with E-state index >= 15 is 0 Å². The number of thiazole rings is 1. The molecule has 0 aliphatic carbocycles. The summed E-state index contributed by atoms with van der Waals surface area (Å²) < 4.78 is 0. The van der Waals surface area contributed by atoms with E-state index in [9.17, 15) is 0 Å². The van der Waals surface area contributed by atoms with Gasteiger partial charge in [-0.1, -0.05) is 0 Å². The average molecular weight is 197 g/mol. The second kappa shape index (κ2) is 3.64. The Balaban J connectivity index is 2.14. The smallest absolute Gasteiger partial charge is 0.185 e. The number of hydrogen-bond acceptors (Lipinski definition) is 4. The summed E-state index contributed by atoms with van der Waals surface area (Å²) in [6, 6.07) is 0.569. The maximum atomic E-state index is 4.50. The van der Waals surface area contributed by atoms with Crippen molar-refractivity contribution in [1.29, 1.82) is 0 Å². The zero-order chi connectivity index (χ0) is 9.26. The van der Waals surface area contributed by atoms with Crippen molar-refractivity contribution in [1.82, 2.24) is 10.3 Å². The molecule has 0 saturated carbocycles. The summed E-state index contributed by atoms with van der Waals surface area (Å²) in [7, 11) is 0. The fourth-order valence-corrected chi connectivity index (χ4v) is 2.53. The molecule has 1 fully saturated rings. The van der Waals surface area contributed by atoms with Gasteiger partial charge in [-0.25, -0.2) is 4.98 Å². The van der Waals surface area contributed by atoms with E-state index in [-0.39, 0.29) is 0 Å². The summed E-state index contributed by atoms with van der Waals surface area (Å²) in [5.41, 5.74) is 1.13. The molecule has 1 aliphatic heterocycles. The Morgan fingerprint density at radius 2 is 2.54 bits per heavy atom. The monoisotopic (exact) mass is 197 g/mol. The van der Waals surface area contributed by atoms with Crippen LogP contribution in [-0.4, -0.2) is 30.7 Å². The lowest BCUT2D eigenvalue weighted by Gasteiger charge is -2.33. The first-order chi connectivity index (χ1) is 6.27. The topological polar surface area (TPSA) is 28.2 Å². The van der Waals surface area contributed by atoms with Crippen molar-refractivity contribution in [3.63, 3.8) is 0 Å². The van der Waals surface area contributed by atoms with E-state index in [0.29, 0.717) is 6.04 Å². The molecule has 1 N–H and O–H groups in total. The van der Waals surface area contributed by atoms with Crippen molar-refractivity contribution in [2.24, 2.45) is 0 Å². The van der Waals surface area contributed by atoms with E-state index < -0.39 is 0 Å².